The average molecular weight is 330 g/mol. The highest BCUT2D eigenvalue weighted by Crippen LogP contribution is 2.33. The van der Waals surface area contributed by atoms with Crippen LogP contribution < -0.4 is 10.2 Å². The minimum absolute atomic E-state index is 0. The van der Waals surface area contributed by atoms with Gasteiger partial charge in [-0.25, -0.2) is 0 Å². The molecule has 120 valence electrons. The summed E-state index contributed by atoms with van der Waals surface area (Å²) in [5.41, 5.74) is 7.21. The molecule has 0 aliphatic heterocycles. The molecule has 3 N–H and O–H groups in total. The number of aliphatic hydroxyl groups excluding tert-OH is 1. The Morgan fingerprint density at radius 3 is 2.14 bits per heavy atom. The van der Waals surface area contributed by atoms with Crippen molar-refractivity contribution >= 4 is 20.7 Å². The van der Waals surface area contributed by atoms with Gasteiger partial charge in [0.05, 0.1) is 12.1 Å². The van der Waals surface area contributed by atoms with E-state index >= 15 is 0 Å². The van der Waals surface area contributed by atoms with Gasteiger partial charge in [-0.2, -0.15) is 0 Å². The van der Waals surface area contributed by atoms with Crippen LogP contribution in [0.15, 0.2) is 24.3 Å². The van der Waals surface area contributed by atoms with Crippen molar-refractivity contribution in [2.45, 2.75) is 57.5 Å². The maximum absolute atomic E-state index is 10.4. The van der Waals surface area contributed by atoms with Crippen LogP contribution in [0.3, 0.4) is 0 Å². The largest absolute Gasteiger partial charge is 0.544 e. The van der Waals surface area contributed by atoms with Gasteiger partial charge in [0.15, 0.2) is 0 Å². The second kappa shape index (κ2) is 7.63. The molecule has 21 heavy (non-hydrogen) atoms. The minimum Gasteiger partial charge on any atom is -0.544 e. The highest BCUT2D eigenvalue weighted by molar-refractivity contribution is 6.70. The zero-order valence-electron chi connectivity index (χ0n) is 13.2. The molecule has 1 aliphatic carbocycles. The van der Waals surface area contributed by atoms with Crippen molar-refractivity contribution in [3.8, 4) is 5.75 Å². The summed E-state index contributed by atoms with van der Waals surface area (Å²) in [4.78, 5) is 0. The van der Waals surface area contributed by atoms with Crippen LogP contribution in [-0.2, 0) is 0 Å². The van der Waals surface area contributed by atoms with Crippen molar-refractivity contribution in [2.75, 3.05) is 0 Å². The Labute approximate surface area is 135 Å². The van der Waals surface area contributed by atoms with E-state index in [-0.39, 0.29) is 18.4 Å². The number of hydrogen-bond donors (Lipinski definition) is 2. The van der Waals surface area contributed by atoms with Crippen LogP contribution >= 0.6 is 12.4 Å². The van der Waals surface area contributed by atoms with Gasteiger partial charge in [0, 0.05) is 0 Å². The van der Waals surface area contributed by atoms with Crippen LogP contribution in [0, 0.1) is 5.92 Å². The minimum atomic E-state index is -1.57. The van der Waals surface area contributed by atoms with E-state index in [9.17, 15) is 5.11 Å². The van der Waals surface area contributed by atoms with Crippen LogP contribution in [0.25, 0.3) is 0 Å². The van der Waals surface area contributed by atoms with Crippen molar-refractivity contribution in [3.63, 3.8) is 0 Å². The number of hydrogen-bond acceptors (Lipinski definition) is 3. The van der Waals surface area contributed by atoms with E-state index < -0.39 is 14.4 Å². The highest BCUT2D eigenvalue weighted by atomic mass is 35.5. The molecule has 0 amide bonds. The first-order valence-electron chi connectivity index (χ1n) is 7.59. The van der Waals surface area contributed by atoms with Crippen molar-refractivity contribution in [1.29, 1.82) is 0 Å². The SMILES string of the molecule is C[Si](C)(C)Oc1ccc([C@H](N)[C@H](O)C2CCCC2)cc1.Cl. The molecule has 0 unspecified atom stereocenters. The molecule has 0 spiro atoms. The predicted octanol–water partition coefficient (Wildman–Crippen LogP) is 3.87. The van der Waals surface area contributed by atoms with Gasteiger partial charge in [0.1, 0.15) is 5.75 Å². The predicted molar refractivity (Wildman–Crippen MR) is 92.6 cm³/mol. The zero-order chi connectivity index (χ0) is 14.8. The summed E-state index contributed by atoms with van der Waals surface area (Å²) in [7, 11) is -1.57. The van der Waals surface area contributed by atoms with Gasteiger partial charge in [0.2, 0.25) is 8.32 Å². The Bertz CT molecular complexity index is 427. The van der Waals surface area contributed by atoms with E-state index in [0.29, 0.717) is 5.92 Å². The fraction of sp³-hybridized carbons (Fsp3) is 0.625. The van der Waals surface area contributed by atoms with Gasteiger partial charge < -0.3 is 15.3 Å². The molecule has 1 aliphatic rings. The van der Waals surface area contributed by atoms with Gasteiger partial charge in [-0.3, -0.25) is 0 Å². The Morgan fingerprint density at radius 2 is 1.67 bits per heavy atom. The van der Waals surface area contributed by atoms with Crippen molar-refractivity contribution < 1.29 is 9.53 Å². The zero-order valence-corrected chi connectivity index (χ0v) is 15.0. The summed E-state index contributed by atoms with van der Waals surface area (Å²) in [6, 6.07) is 7.61. The Kier molecular flexibility index (Phi) is 6.72. The van der Waals surface area contributed by atoms with Gasteiger partial charge in [-0.1, -0.05) is 25.0 Å². The number of benzene rings is 1. The maximum atomic E-state index is 10.4. The summed E-state index contributed by atoms with van der Waals surface area (Å²) in [5.74, 6) is 1.26. The molecule has 0 heterocycles. The quantitative estimate of drug-likeness (QED) is 0.806. The standard InChI is InChI=1S/C16H27NO2Si.ClH/c1-20(2,3)19-14-10-8-12(9-11-14)15(17)16(18)13-6-4-5-7-13;/h8-11,13,15-16,18H,4-7,17H2,1-3H3;1H/t15-,16+;/m0./s1. The molecule has 2 rings (SSSR count). The molecule has 0 aromatic heterocycles. The lowest BCUT2D eigenvalue weighted by Gasteiger charge is -2.25. The molecule has 0 bridgehead atoms. The molecule has 1 aromatic carbocycles. The molecular weight excluding hydrogens is 302 g/mol. The fourth-order valence-corrected chi connectivity index (χ4v) is 3.74. The first-order chi connectivity index (χ1) is 9.37. The molecule has 1 saturated carbocycles. The molecule has 1 aromatic rings. The molecule has 5 heteroatoms. The Balaban J connectivity index is 0.00000220. The fourth-order valence-electron chi connectivity index (χ4n) is 2.90. The number of aliphatic hydroxyl groups is 1. The van der Waals surface area contributed by atoms with E-state index in [0.717, 1.165) is 24.2 Å². The topological polar surface area (TPSA) is 55.5 Å². The lowest BCUT2D eigenvalue weighted by atomic mass is 9.91. The number of rotatable bonds is 5. The summed E-state index contributed by atoms with van der Waals surface area (Å²) in [6.45, 7) is 6.49. The lowest BCUT2D eigenvalue weighted by molar-refractivity contribution is 0.0845. The number of halogens is 1. The average Bonchev–Trinajstić information content (AvgIpc) is 2.90. The van der Waals surface area contributed by atoms with Gasteiger partial charge >= 0.3 is 0 Å². The third-order valence-corrected chi connectivity index (χ3v) is 4.79. The van der Waals surface area contributed by atoms with Crippen LogP contribution in [0.5, 0.6) is 5.75 Å². The number of nitrogens with two attached hydrogens (primary N) is 1. The molecular formula is C16H28ClNO2Si. The summed E-state index contributed by atoms with van der Waals surface area (Å²) in [6.07, 6.45) is 4.22. The third-order valence-electron chi connectivity index (χ3n) is 3.94. The molecule has 0 radical (unpaired) electrons. The van der Waals surface area contributed by atoms with Crippen LogP contribution in [0.1, 0.15) is 37.3 Å². The molecule has 3 nitrogen and oxygen atoms in total. The summed E-state index contributed by atoms with van der Waals surface area (Å²) >= 11 is 0. The van der Waals surface area contributed by atoms with E-state index in [2.05, 4.69) is 19.6 Å². The first-order valence-corrected chi connectivity index (χ1v) is 11.0. The normalized spacial score (nSPS) is 18.9. The second-order valence-electron chi connectivity index (χ2n) is 6.84. The molecule has 1 fully saturated rings. The van der Waals surface area contributed by atoms with Gasteiger partial charge in [0.25, 0.3) is 0 Å². The van der Waals surface area contributed by atoms with Gasteiger partial charge in [-0.05, 0) is 56.1 Å². The van der Waals surface area contributed by atoms with Crippen molar-refractivity contribution in [2.24, 2.45) is 11.7 Å². The van der Waals surface area contributed by atoms with Crippen LogP contribution in [0.4, 0.5) is 0 Å². The van der Waals surface area contributed by atoms with Gasteiger partial charge in [-0.15, -0.1) is 12.4 Å². The highest BCUT2D eigenvalue weighted by Gasteiger charge is 2.28. The lowest BCUT2D eigenvalue weighted by Crippen LogP contribution is -2.32. The molecule has 0 saturated heterocycles. The first kappa shape index (κ1) is 18.5. The molecule has 2 atom stereocenters. The Morgan fingerprint density at radius 1 is 1.14 bits per heavy atom. The smallest absolute Gasteiger partial charge is 0.242 e. The van der Waals surface area contributed by atoms with Crippen LogP contribution in [0.2, 0.25) is 19.6 Å². The summed E-state index contributed by atoms with van der Waals surface area (Å²) in [5, 5.41) is 10.4. The van der Waals surface area contributed by atoms with E-state index in [4.69, 9.17) is 10.2 Å². The van der Waals surface area contributed by atoms with Crippen molar-refractivity contribution in [3.05, 3.63) is 29.8 Å². The van der Waals surface area contributed by atoms with Crippen LogP contribution in [-0.4, -0.2) is 19.5 Å². The van der Waals surface area contributed by atoms with E-state index in [1.54, 1.807) is 0 Å². The third kappa shape index (κ3) is 5.29. The van der Waals surface area contributed by atoms with Crippen molar-refractivity contribution in [1.82, 2.24) is 0 Å². The van der Waals surface area contributed by atoms with E-state index in [1.807, 2.05) is 24.3 Å². The monoisotopic (exact) mass is 329 g/mol. The second-order valence-corrected chi connectivity index (χ2v) is 11.3. The van der Waals surface area contributed by atoms with E-state index in [1.165, 1.54) is 12.8 Å². The summed E-state index contributed by atoms with van der Waals surface area (Å²) < 4.78 is 5.93. The Hall–Kier alpha value is -0.553. The maximum Gasteiger partial charge on any atom is 0.242 e.